The van der Waals surface area contributed by atoms with E-state index in [0.717, 1.165) is 0 Å². The number of hydrogen-bond donors (Lipinski definition) is 1. The van der Waals surface area contributed by atoms with Crippen molar-refractivity contribution in [2.45, 2.75) is 17.6 Å². The van der Waals surface area contributed by atoms with Gasteiger partial charge in [0, 0.05) is 6.07 Å². The average molecular weight is 297 g/mol. The fraction of sp³-hybridized carbons (Fsp3) is 0.364. The van der Waals surface area contributed by atoms with Gasteiger partial charge in [0.05, 0.1) is 24.2 Å². The number of sulfone groups is 1. The third-order valence-corrected chi connectivity index (χ3v) is 4.16. The number of benzene rings is 1. The molecule has 0 atom stereocenters. The van der Waals surface area contributed by atoms with E-state index in [1.54, 1.807) is 13.1 Å². The summed E-state index contributed by atoms with van der Waals surface area (Å²) in [5.74, 6) is 0.210. The first-order valence-electron chi connectivity index (χ1n) is 5.90. The topological polar surface area (TPSA) is 113 Å². The first kappa shape index (κ1) is 14.3. The number of ether oxygens (including phenoxy) is 1. The highest BCUT2D eigenvalue weighted by Crippen LogP contribution is 2.26. The minimum absolute atomic E-state index is 0.0101. The van der Waals surface area contributed by atoms with Crippen LogP contribution in [-0.4, -0.2) is 35.2 Å². The molecular weight excluding hydrogens is 282 g/mol. The van der Waals surface area contributed by atoms with Crippen molar-refractivity contribution in [3.63, 3.8) is 0 Å². The van der Waals surface area contributed by atoms with E-state index in [0.29, 0.717) is 12.4 Å². The lowest BCUT2D eigenvalue weighted by atomic mass is 10.3. The number of tetrazole rings is 1. The molecule has 0 spiro atoms. The Labute approximate surface area is 116 Å². The summed E-state index contributed by atoms with van der Waals surface area (Å²) in [6.45, 7) is 2.25. The van der Waals surface area contributed by atoms with Crippen LogP contribution in [0.25, 0.3) is 0 Å². The van der Waals surface area contributed by atoms with E-state index in [2.05, 4.69) is 15.4 Å². The molecule has 1 aromatic carbocycles. The van der Waals surface area contributed by atoms with E-state index in [1.165, 1.54) is 16.9 Å². The minimum atomic E-state index is -3.65. The van der Waals surface area contributed by atoms with Gasteiger partial charge in [0.15, 0.2) is 15.7 Å². The zero-order chi connectivity index (χ0) is 14.8. The van der Waals surface area contributed by atoms with Crippen LogP contribution in [0.15, 0.2) is 23.1 Å². The van der Waals surface area contributed by atoms with Gasteiger partial charge < -0.3 is 10.5 Å². The molecule has 0 radical (unpaired) electrons. The third-order valence-electron chi connectivity index (χ3n) is 2.50. The maximum Gasteiger partial charge on any atom is 0.190 e. The monoisotopic (exact) mass is 297 g/mol. The highest BCUT2D eigenvalue weighted by molar-refractivity contribution is 7.90. The van der Waals surface area contributed by atoms with Gasteiger partial charge in [0.2, 0.25) is 0 Å². The van der Waals surface area contributed by atoms with Crippen molar-refractivity contribution in [2.24, 2.45) is 7.05 Å². The van der Waals surface area contributed by atoms with Crippen LogP contribution in [0, 0.1) is 0 Å². The summed E-state index contributed by atoms with van der Waals surface area (Å²) in [5.41, 5.74) is 5.90. The van der Waals surface area contributed by atoms with Crippen molar-refractivity contribution in [1.29, 1.82) is 0 Å². The van der Waals surface area contributed by atoms with Crippen molar-refractivity contribution in [3.8, 4) is 5.75 Å². The van der Waals surface area contributed by atoms with Gasteiger partial charge in [0.1, 0.15) is 11.5 Å². The molecule has 2 aromatic rings. The number of hydrogen-bond acceptors (Lipinski definition) is 7. The summed E-state index contributed by atoms with van der Waals surface area (Å²) in [5, 5.41) is 11.1. The summed E-state index contributed by atoms with van der Waals surface area (Å²) in [6.07, 6.45) is 0. The van der Waals surface area contributed by atoms with Gasteiger partial charge in [-0.25, -0.2) is 8.42 Å². The fourth-order valence-electron chi connectivity index (χ4n) is 1.67. The Hall–Kier alpha value is -2.16. The van der Waals surface area contributed by atoms with E-state index in [-0.39, 0.29) is 22.2 Å². The molecule has 0 saturated heterocycles. The number of anilines is 1. The molecule has 0 aliphatic heterocycles. The summed E-state index contributed by atoms with van der Waals surface area (Å²) in [4.78, 5) is 1.21. The quantitative estimate of drug-likeness (QED) is 0.782. The zero-order valence-electron chi connectivity index (χ0n) is 11.1. The Balaban J connectivity index is 2.35. The molecule has 8 nitrogen and oxygen atoms in total. The van der Waals surface area contributed by atoms with Crippen LogP contribution in [0.3, 0.4) is 0 Å². The molecule has 0 aliphatic carbocycles. The van der Waals surface area contributed by atoms with Crippen molar-refractivity contribution < 1.29 is 13.2 Å². The lowest BCUT2D eigenvalue weighted by molar-refractivity contribution is 0.339. The van der Waals surface area contributed by atoms with Crippen LogP contribution in [0.1, 0.15) is 12.7 Å². The number of aromatic nitrogens is 4. The normalized spacial score (nSPS) is 11.5. The molecule has 0 amide bonds. The van der Waals surface area contributed by atoms with Gasteiger partial charge in [0.25, 0.3) is 0 Å². The molecule has 108 valence electrons. The fourth-order valence-corrected chi connectivity index (χ4v) is 3.00. The second kappa shape index (κ2) is 5.45. The molecule has 1 aromatic heterocycles. The first-order chi connectivity index (χ1) is 9.42. The minimum Gasteiger partial charge on any atom is -0.494 e. The molecular formula is C11H15N5O3S. The SMILES string of the molecule is CCOc1ccc(N)c(S(=O)(=O)Cc2nnn(C)n2)c1. The van der Waals surface area contributed by atoms with Crippen LogP contribution >= 0.6 is 0 Å². The van der Waals surface area contributed by atoms with Gasteiger partial charge in [-0.3, -0.25) is 0 Å². The maximum absolute atomic E-state index is 12.3. The number of rotatable bonds is 5. The Morgan fingerprint density at radius 2 is 2.15 bits per heavy atom. The summed E-state index contributed by atoms with van der Waals surface area (Å²) < 4.78 is 30.0. The van der Waals surface area contributed by atoms with Crippen LogP contribution in [0.5, 0.6) is 5.75 Å². The van der Waals surface area contributed by atoms with Gasteiger partial charge in [-0.1, -0.05) is 0 Å². The van der Waals surface area contributed by atoms with Crippen LogP contribution in [0.4, 0.5) is 5.69 Å². The second-order valence-electron chi connectivity index (χ2n) is 4.09. The van der Waals surface area contributed by atoms with Crippen molar-refractivity contribution in [1.82, 2.24) is 20.2 Å². The Kier molecular flexibility index (Phi) is 3.89. The second-order valence-corrected chi connectivity index (χ2v) is 6.04. The molecule has 9 heteroatoms. The molecule has 1 heterocycles. The highest BCUT2D eigenvalue weighted by Gasteiger charge is 2.22. The molecule has 0 unspecified atom stereocenters. The van der Waals surface area contributed by atoms with E-state index >= 15 is 0 Å². The summed E-state index contributed by atoms with van der Waals surface area (Å²) in [7, 11) is -2.09. The van der Waals surface area contributed by atoms with E-state index in [4.69, 9.17) is 10.5 Å². The lowest BCUT2D eigenvalue weighted by Crippen LogP contribution is -2.10. The Morgan fingerprint density at radius 3 is 2.75 bits per heavy atom. The van der Waals surface area contributed by atoms with Crippen molar-refractivity contribution in [2.75, 3.05) is 12.3 Å². The molecule has 2 rings (SSSR count). The van der Waals surface area contributed by atoms with Crippen LogP contribution < -0.4 is 10.5 Å². The van der Waals surface area contributed by atoms with Gasteiger partial charge >= 0.3 is 0 Å². The van der Waals surface area contributed by atoms with Crippen molar-refractivity contribution in [3.05, 3.63) is 24.0 Å². The largest absolute Gasteiger partial charge is 0.494 e. The number of nitrogens with zero attached hydrogens (tertiary/aromatic N) is 4. The van der Waals surface area contributed by atoms with E-state index in [9.17, 15) is 8.42 Å². The van der Waals surface area contributed by atoms with Crippen LogP contribution in [0.2, 0.25) is 0 Å². The summed E-state index contributed by atoms with van der Waals surface area (Å²) >= 11 is 0. The number of nitrogen functional groups attached to an aromatic ring is 1. The molecule has 0 bridgehead atoms. The predicted molar refractivity (Wildman–Crippen MR) is 71.7 cm³/mol. The van der Waals surface area contributed by atoms with E-state index in [1.807, 2.05) is 6.92 Å². The standard InChI is InChI=1S/C11H15N5O3S/c1-3-19-8-4-5-9(12)10(6-8)20(17,18)7-11-13-15-16(2)14-11/h4-6H,3,7,12H2,1-2H3. The van der Waals surface area contributed by atoms with Crippen LogP contribution in [-0.2, 0) is 22.6 Å². The molecule has 0 aliphatic rings. The van der Waals surface area contributed by atoms with Crippen molar-refractivity contribution >= 4 is 15.5 Å². The predicted octanol–water partition coefficient (Wildman–Crippen LogP) is 0.165. The molecule has 2 N–H and O–H groups in total. The molecule has 0 saturated carbocycles. The number of aryl methyl sites for hydroxylation is 1. The van der Waals surface area contributed by atoms with Gasteiger partial charge in [-0.15, -0.1) is 10.2 Å². The summed E-state index contributed by atoms with van der Waals surface area (Å²) in [6, 6.07) is 4.53. The lowest BCUT2D eigenvalue weighted by Gasteiger charge is -2.09. The van der Waals surface area contributed by atoms with E-state index < -0.39 is 9.84 Å². The zero-order valence-corrected chi connectivity index (χ0v) is 12.0. The Bertz CT molecular complexity index is 711. The highest BCUT2D eigenvalue weighted by atomic mass is 32.2. The first-order valence-corrected chi connectivity index (χ1v) is 7.55. The van der Waals surface area contributed by atoms with Gasteiger partial charge in [-0.05, 0) is 24.3 Å². The number of nitrogens with two attached hydrogens (primary N) is 1. The maximum atomic E-state index is 12.3. The third kappa shape index (κ3) is 3.05. The molecule has 0 fully saturated rings. The van der Waals surface area contributed by atoms with Gasteiger partial charge in [-0.2, -0.15) is 4.80 Å². The molecule has 20 heavy (non-hydrogen) atoms. The smallest absolute Gasteiger partial charge is 0.190 e. The Morgan fingerprint density at radius 1 is 1.40 bits per heavy atom. The average Bonchev–Trinajstić information content (AvgIpc) is 2.76.